The number of anilines is 1. The van der Waals surface area contributed by atoms with Crippen molar-refractivity contribution in [2.75, 3.05) is 5.32 Å². The Balaban J connectivity index is 1.34. The number of benzene rings is 4. The van der Waals surface area contributed by atoms with Crippen LogP contribution in [0.5, 0.6) is 0 Å². The molecule has 302 valence electrons. The molecular weight excluding hydrogens is 749 g/mol. The Bertz CT molecular complexity index is 2220. The maximum Gasteiger partial charge on any atom is 0.326 e. The molecule has 13 nitrogen and oxygen atoms in total. The van der Waals surface area contributed by atoms with E-state index in [1.54, 1.807) is 30.3 Å². The first-order chi connectivity index (χ1) is 28.6. The average Bonchev–Trinajstić information content (AvgIpc) is 3.25. The molecule has 7 rings (SSSR count). The van der Waals surface area contributed by atoms with Crippen LogP contribution in [0.25, 0.3) is 11.1 Å². The molecule has 5 amide bonds. The van der Waals surface area contributed by atoms with E-state index in [0.717, 1.165) is 16.7 Å². The van der Waals surface area contributed by atoms with Gasteiger partial charge in [0.1, 0.15) is 24.2 Å². The molecule has 5 aromatic rings. The van der Waals surface area contributed by atoms with E-state index in [0.29, 0.717) is 28.9 Å². The molecule has 1 aromatic heterocycles. The predicted molar refractivity (Wildman–Crippen MR) is 222 cm³/mol. The van der Waals surface area contributed by atoms with Crippen LogP contribution in [-0.2, 0) is 54.5 Å². The number of hydrogen-bond donors (Lipinski definition) is 6. The molecule has 6 N–H and O–H groups in total. The van der Waals surface area contributed by atoms with Gasteiger partial charge in [-0.2, -0.15) is 0 Å². The Kier molecular flexibility index (Phi) is 14.3. The van der Waals surface area contributed by atoms with Crippen LogP contribution in [0.1, 0.15) is 41.6 Å². The third-order valence-electron chi connectivity index (χ3n) is 9.98. The van der Waals surface area contributed by atoms with Crippen molar-refractivity contribution in [3.05, 3.63) is 156 Å². The van der Waals surface area contributed by atoms with Crippen LogP contribution in [0, 0.1) is 0 Å². The van der Waals surface area contributed by atoms with E-state index >= 15 is 0 Å². The van der Waals surface area contributed by atoms with Crippen LogP contribution >= 0.6 is 0 Å². The van der Waals surface area contributed by atoms with Gasteiger partial charge < -0.3 is 31.7 Å². The number of aryl methyl sites for hydroxylation is 1. The molecule has 0 aliphatic carbocycles. The lowest BCUT2D eigenvalue weighted by atomic mass is 9.98. The zero-order valence-corrected chi connectivity index (χ0v) is 32.3. The lowest BCUT2D eigenvalue weighted by Crippen LogP contribution is -2.59. The molecule has 2 bridgehead atoms. The predicted octanol–water partition coefficient (Wildman–Crippen LogP) is 4.17. The number of aliphatic carboxylic acids is 1. The highest BCUT2D eigenvalue weighted by Crippen LogP contribution is 2.20. The van der Waals surface area contributed by atoms with E-state index in [9.17, 15) is 33.9 Å². The zero-order chi connectivity index (χ0) is 41.6. The second-order valence-corrected chi connectivity index (χ2v) is 14.4. The summed E-state index contributed by atoms with van der Waals surface area (Å²) in [6, 6.07) is 33.7. The third kappa shape index (κ3) is 12.4. The molecule has 0 saturated carbocycles. The highest BCUT2D eigenvalue weighted by Gasteiger charge is 2.32. The third-order valence-corrected chi connectivity index (χ3v) is 9.98. The van der Waals surface area contributed by atoms with Crippen molar-refractivity contribution in [3.8, 4) is 11.1 Å². The van der Waals surface area contributed by atoms with Crippen LogP contribution in [0.4, 0.5) is 5.69 Å². The van der Waals surface area contributed by atoms with Crippen molar-refractivity contribution >= 4 is 41.2 Å². The van der Waals surface area contributed by atoms with Crippen LogP contribution in [0.3, 0.4) is 0 Å². The number of rotatable bonds is 9. The summed E-state index contributed by atoms with van der Waals surface area (Å²) in [5.74, 6) is -4.41. The highest BCUT2D eigenvalue weighted by molar-refractivity contribution is 5.96. The van der Waals surface area contributed by atoms with Gasteiger partial charge in [-0.05, 0) is 52.8 Å². The number of fused-ring (bicyclic) bond motifs is 18. The molecule has 0 radical (unpaired) electrons. The fourth-order valence-electron chi connectivity index (χ4n) is 6.75. The molecule has 59 heavy (non-hydrogen) atoms. The summed E-state index contributed by atoms with van der Waals surface area (Å²) >= 11 is 0. The number of aromatic nitrogens is 1. The molecule has 4 aromatic carbocycles. The summed E-state index contributed by atoms with van der Waals surface area (Å²) in [5.41, 5.74) is 4.94. The minimum atomic E-state index is -1.42. The van der Waals surface area contributed by atoms with Crippen molar-refractivity contribution in [2.24, 2.45) is 0 Å². The largest absolute Gasteiger partial charge is 0.480 e. The molecule has 13 heteroatoms. The summed E-state index contributed by atoms with van der Waals surface area (Å²) in [4.78, 5) is 85.5. The van der Waals surface area contributed by atoms with Crippen LogP contribution in [-0.4, -0.2) is 69.8 Å². The summed E-state index contributed by atoms with van der Waals surface area (Å²) < 4.78 is 0. The minimum Gasteiger partial charge on any atom is -0.480 e. The van der Waals surface area contributed by atoms with Gasteiger partial charge in [0, 0.05) is 37.8 Å². The van der Waals surface area contributed by atoms with Gasteiger partial charge in [-0.25, -0.2) is 4.79 Å². The van der Waals surface area contributed by atoms with E-state index in [1.807, 2.05) is 91.0 Å². The first-order valence-electron chi connectivity index (χ1n) is 19.5. The van der Waals surface area contributed by atoms with E-state index in [2.05, 4.69) is 31.6 Å². The average molecular weight is 795 g/mol. The number of nitrogens with one attached hydrogen (secondary N) is 5. The standard InChI is InChI=1S/C46H46N6O7/c53-41-24-25-42(54)49-37(23-18-30-10-4-1-5-11-30)43(55)50-39(27-32-16-19-34(20-17-32)33-14-8-3-9-15-33)44(56)51-38(26-31-12-6-2-7-13-31)45(57)52-40(46(58)59)28-35-21-22-36(48-41)29-47-35/h1-17,19-22,29,37-40H,18,23-28H2,(H,48,53)(H,49,54)(H,50,55)(H,51,56)(H,52,57)(H,58,59)/t37-,38-,39+,40+/m1/s1. The molecule has 2 aliphatic heterocycles. The van der Waals surface area contributed by atoms with Gasteiger partial charge in [-0.1, -0.05) is 115 Å². The van der Waals surface area contributed by atoms with Crippen molar-refractivity contribution in [2.45, 2.75) is 69.1 Å². The van der Waals surface area contributed by atoms with E-state index in [-0.39, 0.29) is 38.5 Å². The molecule has 0 unspecified atom stereocenters. The second-order valence-electron chi connectivity index (χ2n) is 14.4. The number of carboxylic acid groups (broad SMARTS) is 1. The summed E-state index contributed by atoms with van der Waals surface area (Å²) in [5, 5.41) is 23.8. The fourth-order valence-corrected chi connectivity index (χ4v) is 6.75. The number of carbonyl (C=O) groups excluding carboxylic acids is 5. The van der Waals surface area contributed by atoms with Gasteiger partial charge in [-0.15, -0.1) is 0 Å². The lowest BCUT2D eigenvalue weighted by molar-refractivity contribution is -0.142. The highest BCUT2D eigenvalue weighted by atomic mass is 16.4. The number of carbonyl (C=O) groups is 6. The topological polar surface area (TPSA) is 196 Å². The van der Waals surface area contributed by atoms with Gasteiger partial charge in [-0.3, -0.25) is 29.0 Å². The Labute approximate surface area is 342 Å². The van der Waals surface area contributed by atoms with Crippen LogP contribution in [0.2, 0.25) is 0 Å². The molecule has 4 atom stereocenters. The number of nitrogens with zero attached hydrogens (tertiary/aromatic N) is 1. The molecule has 0 saturated heterocycles. The molecule has 3 heterocycles. The Morgan fingerprint density at radius 2 is 1.08 bits per heavy atom. The minimum absolute atomic E-state index is 0.0135. The van der Waals surface area contributed by atoms with Crippen molar-refractivity contribution < 1.29 is 33.9 Å². The maximum atomic E-state index is 14.4. The van der Waals surface area contributed by atoms with E-state index in [1.165, 1.54) is 12.3 Å². The maximum absolute atomic E-state index is 14.4. The molecule has 0 spiro atoms. The first-order valence-corrected chi connectivity index (χ1v) is 19.5. The van der Waals surface area contributed by atoms with Crippen LogP contribution in [0.15, 0.2) is 134 Å². The Hall–Kier alpha value is -7.15. The smallest absolute Gasteiger partial charge is 0.326 e. The number of pyridine rings is 1. The van der Waals surface area contributed by atoms with Gasteiger partial charge in [0.05, 0.1) is 11.9 Å². The summed E-state index contributed by atoms with van der Waals surface area (Å²) in [7, 11) is 0. The van der Waals surface area contributed by atoms with Gasteiger partial charge in [0.25, 0.3) is 0 Å². The summed E-state index contributed by atoms with van der Waals surface area (Å²) in [6.45, 7) is 0. The van der Waals surface area contributed by atoms with E-state index < -0.39 is 59.7 Å². The first kappa shape index (κ1) is 41.5. The molecule has 0 fully saturated rings. The monoisotopic (exact) mass is 794 g/mol. The Morgan fingerprint density at radius 3 is 1.68 bits per heavy atom. The van der Waals surface area contributed by atoms with Gasteiger partial charge in [0.15, 0.2) is 0 Å². The zero-order valence-electron chi connectivity index (χ0n) is 32.3. The number of hydrogen-bond acceptors (Lipinski definition) is 7. The number of carboxylic acids is 1. The lowest BCUT2D eigenvalue weighted by Gasteiger charge is -2.26. The van der Waals surface area contributed by atoms with Gasteiger partial charge in [0.2, 0.25) is 29.5 Å². The summed E-state index contributed by atoms with van der Waals surface area (Å²) in [6.07, 6.45) is 1.38. The number of amides is 5. The fraction of sp³-hybridized carbons (Fsp3) is 0.239. The molecule has 2 aliphatic rings. The van der Waals surface area contributed by atoms with Crippen molar-refractivity contribution in [3.63, 3.8) is 0 Å². The second kappa shape index (κ2) is 20.3. The van der Waals surface area contributed by atoms with E-state index in [4.69, 9.17) is 0 Å². The van der Waals surface area contributed by atoms with Crippen molar-refractivity contribution in [1.82, 2.24) is 26.3 Å². The molecular formula is C46H46N6O7. The van der Waals surface area contributed by atoms with Crippen LogP contribution < -0.4 is 26.6 Å². The Morgan fingerprint density at radius 1 is 0.559 bits per heavy atom. The van der Waals surface area contributed by atoms with Gasteiger partial charge >= 0.3 is 5.97 Å². The SMILES string of the molecule is O=C1CCC(=O)N[C@H](CCc2ccccc2)C(=O)N[C@@H](Cc2ccc(-c3ccccc3)cc2)C(=O)N[C@H](Cc2ccccc2)C(=O)N[C@H](C(=O)O)Cc2ccc(cn2)N1. The quantitative estimate of drug-likeness (QED) is 0.120. The van der Waals surface area contributed by atoms with Crippen molar-refractivity contribution in [1.29, 1.82) is 0 Å². The normalized spacial score (nSPS) is 19.6.